The van der Waals surface area contributed by atoms with Gasteiger partial charge in [-0.1, -0.05) is 0 Å². The highest BCUT2D eigenvalue weighted by atomic mass is 19.4. The zero-order valence-electron chi connectivity index (χ0n) is 8.12. The van der Waals surface area contributed by atoms with Gasteiger partial charge in [-0.25, -0.2) is 0 Å². The minimum atomic E-state index is -4.45. The van der Waals surface area contributed by atoms with Gasteiger partial charge in [-0.05, 0) is 6.07 Å². The van der Waals surface area contributed by atoms with E-state index in [-0.39, 0.29) is 13.0 Å². The van der Waals surface area contributed by atoms with Crippen molar-refractivity contribution in [3.8, 4) is 0 Å². The van der Waals surface area contributed by atoms with Gasteiger partial charge < -0.3 is 10.8 Å². The molecular weight excluding hydrogens is 211 g/mol. The van der Waals surface area contributed by atoms with Gasteiger partial charge in [0.15, 0.2) is 5.69 Å². The van der Waals surface area contributed by atoms with Gasteiger partial charge in [-0.3, -0.25) is 4.68 Å². The molecule has 0 saturated heterocycles. The van der Waals surface area contributed by atoms with Gasteiger partial charge in [-0.15, -0.1) is 0 Å². The van der Waals surface area contributed by atoms with Gasteiger partial charge in [0.25, 0.3) is 0 Å². The first kappa shape index (κ1) is 12.0. The van der Waals surface area contributed by atoms with Gasteiger partial charge >= 0.3 is 6.18 Å². The van der Waals surface area contributed by atoms with Gasteiger partial charge in [0.2, 0.25) is 0 Å². The van der Waals surface area contributed by atoms with Gasteiger partial charge in [0.1, 0.15) is 0 Å². The van der Waals surface area contributed by atoms with Crippen LogP contribution in [0.5, 0.6) is 0 Å². The summed E-state index contributed by atoms with van der Waals surface area (Å²) >= 11 is 0. The van der Waals surface area contributed by atoms with Crippen molar-refractivity contribution in [2.24, 2.45) is 12.8 Å². The van der Waals surface area contributed by atoms with E-state index in [0.717, 1.165) is 10.7 Å². The third-order valence-electron chi connectivity index (χ3n) is 1.97. The number of aryl methyl sites for hydroxylation is 1. The molecule has 0 saturated carbocycles. The maximum atomic E-state index is 12.2. The number of nitrogens with zero attached hydrogens (tertiary/aromatic N) is 2. The van der Waals surface area contributed by atoms with Crippen molar-refractivity contribution in [3.63, 3.8) is 0 Å². The Bertz CT molecular complexity index is 334. The fraction of sp³-hybridized carbons (Fsp3) is 0.625. The summed E-state index contributed by atoms with van der Waals surface area (Å²) in [5.74, 6) is 0. The first-order valence-corrected chi connectivity index (χ1v) is 4.31. The molecule has 1 rings (SSSR count). The van der Waals surface area contributed by atoms with E-state index in [0.29, 0.717) is 5.69 Å². The highest BCUT2D eigenvalue weighted by molar-refractivity contribution is 5.14. The minimum absolute atomic E-state index is 0.163. The average molecular weight is 223 g/mol. The second-order valence-corrected chi connectivity index (χ2v) is 3.29. The summed E-state index contributed by atoms with van der Waals surface area (Å²) in [5, 5.41) is 12.0. The monoisotopic (exact) mass is 223 g/mol. The van der Waals surface area contributed by atoms with E-state index in [1.165, 1.54) is 7.05 Å². The normalized spacial score (nSPS) is 14.3. The lowest BCUT2D eigenvalue weighted by Crippen LogP contribution is -2.27. The molecule has 3 N–H and O–H groups in total. The maximum Gasteiger partial charge on any atom is 0.435 e. The summed E-state index contributed by atoms with van der Waals surface area (Å²) in [7, 11) is 1.41. The van der Waals surface area contributed by atoms with Crippen LogP contribution in [0, 0.1) is 0 Å². The predicted octanol–water partition coefficient (Wildman–Crippen LogP) is 0.301. The number of rotatable bonds is 3. The lowest BCUT2D eigenvalue weighted by Gasteiger charge is -2.06. The number of alkyl halides is 3. The fourth-order valence-electron chi connectivity index (χ4n) is 1.17. The first-order valence-electron chi connectivity index (χ1n) is 4.31. The lowest BCUT2D eigenvalue weighted by molar-refractivity contribution is -0.141. The molecule has 1 aromatic heterocycles. The summed E-state index contributed by atoms with van der Waals surface area (Å²) in [6, 6.07) is 0.372. The van der Waals surface area contributed by atoms with Crippen molar-refractivity contribution in [1.29, 1.82) is 0 Å². The lowest BCUT2D eigenvalue weighted by atomic mass is 10.1. The molecule has 1 heterocycles. The molecule has 0 aliphatic rings. The molecule has 86 valence electrons. The Balaban J connectivity index is 2.87. The highest BCUT2D eigenvalue weighted by Gasteiger charge is 2.34. The van der Waals surface area contributed by atoms with E-state index < -0.39 is 17.9 Å². The van der Waals surface area contributed by atoms with Crippen LogP contribution in [0.25, 0.3) is 0 Å². The van der Waals surface area contributed by atoms with E-state index in [1.54, 1.807) is 0 Å². The number of aromatic nitrogens is 2. The zero-order chi connectivity index (χ0) is 11.6. The van der Waals surface area contributed by atoms with Crippen molar-refractivity contribution in [2.45, 2.75) is 18.6 Å². The summed E-state index contributed by atoms with van der Waals surface area (Å²) in [4.78, 5) is 0. The molecule has 0 amide bonds. The molecule has 1 unspecified atom stereocenters. The van der Waals surface area contributed by atoms with E-state index in [2.05, 4.69) is 5.10 Å². The van der Waals surface area contributed by atoms with Crippen LogP contribution in [-0.4, -0.2) is 27.5 Å². The van der Waals surface area contributed by atoms with Crippen molar-refractivity contribution in [2.75, 3.05) is 6.61 Å². The summed E-state index contributed by atoms with van der Waals surface area (Å²) in [6.45, 7) is -0.271. The fourth-order valence-corrected chi connectivity index (χ4v) is 1.17. The molecular formula is C8H12F3N3O. The van der Waals surface area contributed by atoms with Gasteiger partial charge in [0, 0.05) is 25.2 Å². The quantitative estimate of drug-likeness (QED) is 0.774. The van der Waals surface area contributed by atoms with Crippen molar-refractivity contribution in [1.82, 2.24) is 9.78 Å². The molecule has 1 atom stereocenters. The van der Waals surface area contributed by atoms with E-state index in [4.69, 9.17) is 10.8 Å². The average Bonchev–Trinajstić information content (AvgIpc) is 2.47. The van der Waals surface area contributed by atoms with Crippen LogP contribution in [0.1, 0.15) is 11.4 Å². The molecule has 0 aliphatic carbocycles. The molecule has 1 aromatic rings. The Labute approximate surface area is 84.5 Å². The molecule has 7 heteroatoms. The van der Waals surface area contributed by atoms with Crippen molar-refractivity contribution >= 4 is 0 Å². The van der Waals surface area contributed by atoms with E-state index in [1.807, 2.05) is 0 Å². The highest BCUT2D eigenvalue weighted by Crippen LogP contribution is 2.28. The van der Waals surface area contributed by atoms with Crippen LogP contribution in [0.3, 0.4) is 0 Å². The second kappa shape index (κ2) is 4.19. The van der Waals surface area contributed by atoms with Crippen LogP contribution in [0.4, 0.5) is 13.2 Å². The molecule has 0 aromatic carbocycles. The first-order chi connectivity index (χ1) is 6.84. The minimum Gasteiger partial charge on any atom is -0.395 e. The molecule has 0 spiro atoms. The number of halogens is 3. The van der Waals surface area contributed by atoms with Crippen LogP contribution < -0.4 is 5.73 Å². The standard InChI is InChI=1S/C8H12F3N3O/c1-14-6(2-5(12)4-15)3-7(13-14)8(9,10)11/h3,5,15H,2,4,12H2,1H3. The number of hydrogen-bond acceptors (Lipinski definition) is 3. The zero-order valence-corrected chi connectivity index (χ0v) is 8.12. The van der Waals surface area contributed by atoms with Crippen molar-refractivity contribution in [3.05, 3.63) is 17.5 Å². The summed E-state index contributed by atoms with van der Waals surface area (Å²) in [5.41, 5.74) is 4.83. The van der Waals surface area contributed by atoms with E-state index >= 15 is 0 Å². The Morgan fingerprint density at radius 2 is 2.20 bits per heavy atom. The molecule has 0 radical (unpaired) electrons. The summed E-state index contributed by atoms with van der Waals surface area (Å²) < 4.78 is 37.9. The van der Waals surface area contributed by atoms with E-state index in [9.17, 15) is 13.2 Å². The molecule has 15 heavy (non-hydrogen) atoms. The number of hydrogen-bond donors (Lipinski definition) is 2. The third-order valence-corrected chi connectivity index (χ3v) is 1.97. The Morgan fingerprint density at radius 3 is 2.60 bits per heavy atom. The Hall–Kier alpha value is -1.08. The van der Waals surface area contributed by atoms with Crippen LogP contribution in [0.2, 0.25) is 0 Å². The molecule has 0 aliphatic heterocycles. The Morgan fingerprint density at radius 1 is 1.60 bits per heavy atom. The van der Waals surface area contributed by atoms with Crippen molar-refractivity contribution < 1.29 is 18.3 Å². The number of nitrogens with two attached hydrogens (primary N) is 1. The predicted molar refractivity (Wildman–Crippen MR) is 47.0 cm³/mol. The molecule has 0 fully saturated rings. The maximum absolute atomic E-state index is 12.2. The van der Waals surface area contributed by atoms with Crippen LogP contribution >= 0.6 is 0 Å². The second-order valence-electron chi connectivity index (χ2n) is 3.29. The third kappa shape index (κ3) is 2.93. The topological polar surface area (TPSA) is 64.1 Å². The largest absolute Gasteiger partial charge is 0.435 e. The SMILES string of the molecule is Cn1nc(C(F)(F)F)cc1CC(N)CO. The van der Waals surface area contributed by atoms with Crippen LogP contribution in [0.15, 0.2) is 6.07 Å². The van der Waals surface area contributed by atoms with Crippen LogP contribution in [-0.2, 0) is 19.6 Å². The molecule has 0 bridgehead atoms. The van der Waals surface area contributed by atoms with Gasteiger partial charge in [0.05, 0.1) is 6.61 Å². The number of aliphatic hydroxyl groups is 1. The number of aliphatic hydroxyl groups excluding tert-OH is 1. The summed E-state index contributed by atoms with van der Waals surface area (Å²) in [6.07, 6.45) is -4.28. The smallest absolute Gasteiger partial charge is 0.395 e. The molecule has 4 nitrogen and oxygen atoms in total. The Kier molecular flexibility index (Phi) is 3.35. The van der Waals surface area contributed by atoms with Gasteiger partial charge in [-0.2, -0.15) is 18.3 Å².